The van der Waals surface area contributed by atoms with Gasteiger partial charge in [0.1, 0.15) is 5.75 Å². The second kappa shape index (κ2) is 7.75. The zero-order valence-electron chi connectivity index (χ0n) is 13.4. The van der Waals surface area contributed by atoms with E-state index in [0.717, 1.165) is 23.3 Å². The van der Waals surface area contributed by atoms with Crippen LogP contribution in [0.15, 0.2) is 36.4 Å². The van der Waals surface area contributed by atoms with Crippen LogP contribution in [0.25, 0.3) is 0 Å². The van der Waals surface area contributed by atoms with E-state index >= 15 is 0 Å². The van der Waals surface area contributed by atoms with Crippen LogP contribution in [0.1, 0.15) is 17.2 Å². The van der Waals surface area contributed by atoms with Gasteiger partial charge in [-0.15, -0.1) is 0 Å². The van der Waals surface area contributed by atoms with E-state index in [1.54, 1.807) is 7.11 Å². The number of ether oxygens (including phenoxy) is 3. The largest absolute Gasteiger partial charge is 0.497 e. The van der Waals surface area contributed by atoms with Gasteiger partial charge >= 0.3 is 0 Å². The summed E-state index contributed by atoms with van der Waals surface area (Å²) in [4.78, 5) is 0. The van der Waals surface area contributed by atoms with Crippen LogP contribution in [0, 0.1) is 0 Å². The minimum absolute atomic E-state index is 0.213. The molecule has 0 radical (unpaired) electrons. The maximum absolute atomic E-state index is 10.2. The van der Waals surface area contributed by atoms with Gasteiger partial charge in [0.05, 0.1) is 18.2 Å². The number of fused-ring (bicyclic) bond motifs is 1. The molecule has 0 saturated heterocycles. The summed E-state index contributed by atoms with van der Waals surface area (Å²) in [6.07, 6.45) is 0.174. The predicted octanol–water partition coefficient (Wildman–Crippen LogP) is 2.94. The molecule has 1 unspecified atom stereocenters. The fourth-order valence-electron chi connectivity index (χ4n) is 2.58. The molecule has 24 heavy (non-hydrogen) atoms. The molecule has 0 fully saturated rings. The van der Waals surface area contributed by atoms with E-state index < -0.39 is 6.10 Å². The molecule has 128 valence electrons. The summed E-state index contributed by atoms with van der Waals surface area (Å²) in [5.41, 5.74) is 1.84. The summed E-state index contributed by atoms with van der Waals surface area (Å²) in [7, 11) is 1.62. The van der Waals surface area contributed by atoms with Crippen molar-refractivity contribution in [3.8, 4) is 17.2 Å². The Bertz CT molecular complexity index is 690. The van der Waals surface area contributed by atoms with Gasteiger partial charge in [0.2, 0.25) is 6.79 Å². The molecule has 1 atom stereocenters. The van der Waals surface area contributed by atoms with Crippen LogP contribution < -0.4 is 19.5 Å². The summed E-state index contributed by atoms with van der Waals surface area (Å²) in [5, 5.41) is 14.0. The number of methoxy groups -OCH3 is 1. The molecule has 1 aliphatic rings. The lowest BCUT2D eigenvalue weighted by atomic mass is 10.1. The van der Waals surface area contributed by atoms with Gasteiger partial charge in [-0.05, 0) is 42.3 Å². The highest BCUT2D eigenvalue weighted by atomic mass is 35.5. The van der Waals surface area contributed by atoms with Gasteiger partial charge in [0.25, 0.3) is 0 Å². The molecule has 3 rings (SSSR count). The van der Waals surface area contributed by atoms with E-state index in [2.05, 4.69) is 5.32 Å². The molecule has 6 heteroatoms. The molecule has 2 aromatic rings. The first-order valence-corrected chi connectivity index (χ1v) is 8.16. The average molecular weight is 350 g/mol. The van der Waals surface area contributed by atoms with Crippen molar-refractivity contribution in [3.05, 3.63) is 52.5 Å². The third-order valence-corrected chi connectivity index (χ3v) is 4.38. The van der Waals surface area contributed by atoms with E-state index in [0.29, 0.717) is 29.6 Å². The molecule has 0 bridgehead atoms. The minimum atomic E-state index is -0.567. The van der Waals surface area contributed by atoms with Crippen LogP contribution in [0.5, 0.6) is 17.2 Å². The number of benzene rings is 2. The van der Waals surface area contributed by atoms with Crippen molar-refractivity contribution in [1.82, 2.24) is 5.32 Å². The number of hydrogen-bond donors (Lipinski definition) is 2. The molecule has 0 aromatic heterocycles. The summed E-state index contributed by atoms with van der Waals surface area (Å²) in [6, 6.07) is 11.2. The van der Waals surface area contributed by atoms with Crippen molar-refractivity contribution < 1.29 is 19.3 Å². The van der Waals surface area contributed by atoms with Gasteiger partial charge in [-0.1, -0.05) is 29.8 Å². The highest BCUT2D eigenvalue weighted by Gasteiger charge is 2.19. The molecule has 5 nitrogen and oxygen atoms in total. The molecule has 0 saturated carbocycles. The van der Waals surface area contributed by atoms with Gasteiger partial charge in [-0.2, -0.15) is 0 Å². The van der Waals surface area contributed by atoms with Crippen molar-refractivity contribution in [2.24, 2.45) is 0 Å². The van der Waals surface area contributed by atoms with Crippen LogP contribution in [0.4, 0.5) is 0 Å². The SMILES string of the molecule is COc1ccc(C(O)CNCCc2ccc3c(c2Cl)OCO3)cc1. The Morgan fingerprint density at radius 2 is 2.00 bits per heavy atom. The smallest absolute Gasteiger partial charge is 0.231 e. The van der Waals surface area contributed by atoms with Crippen molar-refractivity contribution in [1.29, 1.82) is 0 Å². The second-order valence-corrected chi connectivity index (χ2v) is 5.89. The first-order chi connectivity index (χ1) is 11.7. The van der Waals surface area contributed by atoms with Crippen molar-refractivity contribution >= 4 is 11.6 Å². The van der Waals surface area contributed by atoms with Gasteiger partial charge < -0.3 is 24.6 Å². The molecule has 2 aromatic carbocycles. The first-order valence-electron chi connectivity index (χ1n) is 7.78. The van der Waals surface area contributed by atoms with E-state index in [1.165, 1.54) is 0 Å². The van der Waals surface area contributed by atoms with Gasteiger partial charge in [0.15, 0.2) is 11.5 Å². The summed E-state index contributed by atoms with van der Waals surface area (Å²) in [5.74, 6) is 2.08. The third-order valence-electron chi connectivity index (χ3n) is 3.97. The second-order valence-electron chi connectivity index (χ2n) is 5.52. The first kappa shape index (κ1) is 16.9. The quantitative estimate of drug-likeness (QED) is 0.753. The monoisotopic (exact) mass is 349 g/mol. The van der Waals surface area contributed by atoms with Crippen molar-refractivity contribution in [2.75, 3.05) is 27.0 Å². The fraction of sp³-hybridized carbons (Fsp3) is 0.333. The van der Waals surface area contributed by atoms with Crippen LogP contribution >= 0.6 is 11.6 Å². The molecular weight excluding hydrogens is 330 g/mol. The predicted molar refractivity (Wildman–Crippen MR) is 92.1 cm³/mol. The Labute approximate surface area is 146 Å². The van der Waals surface area contributed by atoms with E-state index in [-0.39, 0.29) is 6.79 Å². The zero-order valence-corrected chi connectivity index (χ0v) is 14.2. The maximum atomic E-state index is 10.2. The van der Waals surface area contributed by atoms with Crippen molar-refractivity contribution in [2.45, 2.75) is 12.5 Å². The lowest BCUT2D eigenvalue weighted by Gasteiger charge is -2.13. The number of rotatable bonds is 7. The van der Waals surface area contributed by atoms with Gasteiger partial charge in [0, 0.05) is 6.54 Å². The number of nitrogens with one attached hydrogen (secondary N) is 1. The normalized spacial score (nSPS) is 13.8. The Kier molecular flexibility index (Phi) is 5.45. The van der Waals surface area contributed by atoms with Crippen LogP contribution in [-0.4, -0.2) is 32.1 Å². The van der Waals surface area contributed by atoms with Crippen molar-refractivity contribution in [3.63, 3.8) is 0 Å². The average Bonchev–Trinajstić information content (AvgIpc) is 3.10. The number of halogens is 1. The molecule has 1 heterocycles. The van der Waals surface area contributed by atoms with Gasteiger partial charge in [-0.3, -0.25) is 0 Å². The minimum Gasteiger partial charge on any atom is -0.497 e. The topological polar surface area (TPSA) is 60.0 Å². The van der Waals surface area contributed by atoms with Crippen LogP contribution in [0.3, 0.4) is 0 Å². The molecule has 0 aliphatic carbocycles. The summed E-state index contributed by atoms with van der Waals surface area (Å²) in [6.45, 7) is 1.38. The molecule has 1 aliphatic heterocycles. The zero-order chi connectivity index (χ0) is 16.9. The molecular formula is C18H20ClNO4. The van der Waals surface area contributed by atoms with Crippen LogP contribution in [0.2, 0.25) is 5.02 Å². The highest BCUT2D eigenvalue weighted by molar-refractivity contribution is 6.33. The Morgan fingerprint density at radius 3 is 2.75 bits per heavy atom. The number of aliphatic hydroxyl groups excluding tert-OH is 1. The van der Waals surface area contributed by atoms with E-state index in [4.69, 9.17) is 25.8 Å². The standard InChI is InChI=1S/C18H20ClNO4/c1-22-14-5-2-12(3-6-14)15(21)10-20-9-8-13-4-7-16-18(17(13)19)24-11-23-16/h2-7,15,20-21H,8-11H2,1H3. The van der Waals surface area contributed by atoms with E-state index in [1.807, 2.05) is 36.4 Å². The summed E-state index contributed by atoms with van der Waals surface area (Å²) >= 11 is 6.33. The lowest BCUT2D eigenvalue weighted by Crippen LogP contribution is -2.23. The number of hydrogen-bond acceptors (Lipinski definition) is 5. The van der Waals surface area contributed by atoms with E-state index in [9.17, 15) is 5.11 Å². The Morgan fingerprint density at radius 1 is 1.21 bits per heavy atom. The highest BCUT2D eigenvalue weighted by Crippen LogP contribution is 2.40. The fourth-order valence-corrected chi connectivity index (χ4v) is 2.88. The Balaban J connectivity index is 1.48. The van der Waals surface area contributed by atoms with Gasteiger partial charge in [-0.25, -0.2) is 0 Å². The third kappa shape index (κ3) is 3.75. The Hall–Kier alpha value is -1.95. The van der Waals surface area contributed by atoms with Crippen LogP contribution in [-0.2, 0) is 6.42 Å². The molecule has 0 amide bonds. The molecule has 0 spiro atoms. The lowest BCUT2D eigenvalue weighted by molar-refractivity contribution is 0.173. The summed E-state index contributed by atoms with van der Waals surface area (Å²) < 4.78 is 15.8. The molecule has 2 N–H and O–H groups in total. The maximum Gasteiger partial charge on any atom is 0.231 e. The number of aliphatic hydroxyl groups is 1.